The number of thiophene rings is 1. The number of nitrogens with zero attached hydrogens (tertiary/aromatic N) is 3. The number of amides is 1. The van der Waals surface area contributed by atoms with E-state index in [2.05, 4.69) is 37.6 Å². The van der Waals surface area contributed by atoms with Gasteiger partial charge in [-0.15, -0.1) is 22.7 Å². The Labute approximate surface area is 173 Å². The second kappa shape index (κ2) is 8.96. The molecule has 5 nitrogen and oxygen atoms in total. The number of rotatable bonds is 6. The number of thiazole rings is 1. The van der Waals surface area contributed by atoms with Gasteiger partial charge in [-0.25, -0.2) is 4.98 Å². The van der Waals surface area contributed by atoms with Gasteiger partial charge in [0, 0.05) is 54.2 Å². The standard InChI is InChI=1S/C21H24N4OS2/c1-16-22-20(15-28-16)17-4-2-5-18(12-17)23-21(26)14-25-9-7-24(8-10-25)13-19-6-3-11-27-19/h2-6,11-12,15H,7-10,13-14H2,1H3,(H,23,26). The van der Waals surface area contributed by atoms with Crippen LogP contribution in [0.1, 0.15) is 9.88 Å². The highest BCUT2D eigenvalue weighted by atomic mass is 32.1. The maximum absolute atomic E-state index is 12.5. The molecule has 0 unspecified atom stereocenters. The molecular weight excluding hydrogens is 388 g/mol. The first-order valence-corrected chi connectivity index (χ1v) is 11.2. The molecular formula is C21H24N4OS2. The van der Waals surface area contributed by atoms with E-state index in [1.807, 2.05) is 36.6 Å². The van der Waals surface area contributed by atoms with Gasteiger partial charge in [0.1, 0.15) is 0 Å². The zero-order valence-electron chi connectivity index (χ0n) is 15.9. The molecule has 0 bridgehead atoms. The third-order valence-electron chi connectivity index (χ3n) is 4.85. The Hall–Kier alpha value is -2.06. The third-order valence-corrected chi connectivity index (χ3v) is 6.49. The third kappa shape index (κ3) is 5.05. The lowest BCUT2D eigenvalue weighted by atomic mass is 10.1. The number of hydrogen-bond donors (Lipinski definition) is 1. The second-order valence-electron chi connectivity index (χ2n) is 7.01. The largest absolute Gasteiger partial charge is 0.325 e. The summed E-state index contributed by atoms with van der Waals surface area (Å²) >= 11 is 3.44. The molecule has 1 saturated heterocycles. The monoisotopic (exact) mass is 412 g/mol. The summed E-state index contributed by atoms with van der Waals surface area (Å²) in [7, 11) is 0. The maximum Gasteiger partial charge on any atom is 0.238 e. The minimum atomic E-state index is 0.0401. The molecule has 2 aromatic heterocycles. The van der Waals surface area contributed by atoms with Gasteiger partial charge in [0.25, 0.3) is 0 Å². The topological polar surface area (TPSA) is 48.5 Å². The first-order chi connectivity index (χ1) is 13.7. The van der Waals surface area contributed by atoms with Crippen molar-refractivity contribution in [3.8, 4) is 11.3 Å². The van der Waals surface area contributed by atoms with Crippen molar-refractivity contribution in [3.05, 3.63) is 57.0 Å². The Morgan fingerprint density at radius 1 is 1.11 bits per heavy atom. The van der Waals surface area contributed by atoms with Crippen molar-refractivity contribution < 1.29 is 4.79 Å². The van der Waals surface area contributed by atoms with Crippen molar-refractivity contribution >= 4 is 34.3 Å². The Balaban J connectivity index is 1.27. The lowest BCUT2D eigenvalue weighted by Crippen LogP contribution is -2.48. The van der Waals surface area contributed by atoms with Crippen LogP contribution >= 0.6 is 22.7 Å². The average molecular weight is 413 g/mol. The fraction of sp³-hybridized carbons (Fsp3) is 0.333. The molecule has 0 spiro atoms. The van der Waals surface area contributed by atoms with E-state index in [1.165, 1.54) is 4.88 Å². The summed E-state index contributed by atoms with van der Waals surface area (Å²) in [5.41, 5.74) is 2.81. The van der Waals surface area contributed by atoms with Crippen molar-refractivity contribution in [2.45, 2.75) is 13.5 Å². The number of benzene rings is 1. The molecule has 1 aromatic carbocycles. The van der Waals surface area contributed by atoms with Gasteiger partial charge in [0.15, 0.2) is 0 Å². The van der Waals surface area contributed by atoms with Gasteiger partial charge in [-0.1, -0.05) is 18.2 Å². The van der Waals surface area contributed by atoms with Crippen LogP contribution in [0, 0.1) is 6.92 Å². The number of carbonyl (C=O) groups excluding carboxylic acids is 1. The van der Waals surface area contributed by atoms with E-state index in [9.17, 15) is 4.79 Å². The van der Waals surface area contributed by atoms with Gasteiger partial charge in [0.05, 0.1) is 17.2 Å². The van der Waals surface area contributed by atoms with Crippen molar-refractivity contribution in [3.63, 3.8) is 0 Å². The zero-order valence-corrected chi connectivity index (χ0v) is 17.6. The Kier molecular flexibility index (Phi) is 6.17. The number of aromatic nitrogens is 1. The number of aryl methyl sites for hydroxylation is 1. The summed E-state index contributed by atoms with van der Waals surface area (Å²) in [5.74, 6) is 0.0401. The molecule has 3 aromatic rings. The lowest BCUT2D eigenvalue weighted by Gasteiger charge is -2.34. The Bertz CT molecular complexity index is 914. The van der Waals surface area contributed by atoms with Crippen LogP contribution in [-0.4, -0.2) is 53.4 Å². The van der Waals surface area contributed by atoms with E-state index < -0.39 is 0 Å². The molecule has 146 valence electrons. The zero-order chi connectivity index (χ0) is 19.3. The number of hydrogen-bond acceptors (Lipinski definition) is 6. The Morgan fingerprint density at radius 2 is 1.93 bits per heavy atom. The quantitative estimate of drug-likeness (QED) is 0.666. The van der Waals surface area contributed by atoms with E-state index in [4.69, 9.17) is 0 Å². The molecule has 7 heteroatoms. The van der Waals surface area contributed by atoms with Crippen LogP contribution in [0.4, 0.5) is 5.69 Å². The molecule has 0 atom stereocenters. The number of carbonyl (C=O) groups is 1. The molecule has 0 saturated carbocycles. The fourth-order valence-electron chi connectivity index (χ4n) is 3.38. The highest BCUT2D eigenvalue weighted by Gasteiger charge is 2.19. The van der Waals surface area contributed by atoms with Crippen molar-refractivity contribution in [2.75, 3.05) is 38.0 Å². The minimum Gasteiger partial charge on any atom is -0.325 e. The predicted molar refractivity (Wildman–Crippen MR) is 117 cm³/mol. The van der Waals surface area contributed by atoms with Crippen LogP contribution in [-0.2, 0) is 11.3 Å². The highest BCUT2D eigenvalue weighted by Crippen LogP contribution is 2.24. The molecule has 1 amide bonds. The molecule has 1 aliphatic heterocycles. The summed E-state index contributed by atoms with van der Waals surface area (Å²) in [5, 5.41) is 8.25. The van der Waals surface area contributed by atoms with Crippen molar-refractivity contribution in [2.24, 2.45) is 0 Å². The average Bonchev–Trinajstić information content (AvgIpc) is 3.35. The van der Waals surface area contributed by atoms with E-state index in [1.54, 1.807) is 22.7 Å². The number of piperazine rings is 1. The number of anilines is 1. The summed E-state index contributed by atoms with van der Waals surface area (Å²) in [6.45, 7) is 7.31. The molecule has 0 aliphatic carbocycles. The van der Waals surface area contributed by atoms with Gasteiger partial charge >= 0.3 is 0 Å². The van der Waals surface area contributed by atoms with Gasteiger partial charge in [-0.3, -0.25) is 14.6 Å². The van der Waals surface area contributed by atoms with Crippen molar-refractivity contribution in [1.82, 2.24) is 14.8 Å². The fourth-order valence-corrected chi connectivity index (χ4v) is 4.75. The van der Waals surface area contributed by atoms with Crippen LogP contribution < -0.4 is 5.32 Å². The highest BCUT2D eigenvalue weighted by molar-refractivity contribution is 7.10. The SMILES string of the molecule is Cc1nc(-c2cccc(NC(=O)CN3CCN(Cc4cccs4)CC3)c2)cs1. The van der Waals surface area contributed by atoms with Crippen LogP contribution in [0.2, 0.25) is 0 Å². The molecule has 4 rings (SSSR count). The minimum absolute atomic E-state index is 0.0401. The van der Waals surface area contributed by atoms with E-state index >= 15 is 0 Å². The molecule has 3 heterocycles. The maximum atomic E-state index is 12.5. The molecule has 1 N–H and O–H groups in total. The lowest BCUT2D eigenvalue weighted by molar-refractivity contribution is -0.117. The summed E-state index contributed by atoms with van der Waals surface area (Å²) in [4.78, 5) is 23.1. The molecule has 1 aliphatic rings. The van der Waals surface area contributed by atoms with Gasteiger partial charge < -0.3 is 5.32 Å². The smallest absolute Gasteiger partial charge is 0.238 e. The van der Waals surface area contributed by atoms with Crippen molar-refractivity contribution in [1.29, 1.82) is 0 Å². The first-order valence-electron chi connectivity index (χ1n) is 9.45. The van der Waals surface area contributed by atoms with Crippen LogP contribution in [0.3, 0.4) is 0 Å². The first kappa shape index (κ1) is 19.3. The van der Waals surface area contributed by atoms with Gasteiger partial charge in [-0.2, -0.15) is 0 Å². The summed E-state index contributed by atoms with van der Waals surface area (Å²) < 4.78 is 0. The summed E-state index contributed by atoms with van der Waals surface area (Å²) in [6, 6.07) is 12.2. The number of nitrogens with one attached hydrogen (secondary N) is 1. The van der Waals surface area contributed by atoms with Crippen LogP contribution in [0.5, 0.6) is 0 Å². The second-order valence-corrected chi connectivity index (χ2v) is 9.11. The predicted octanol–water partition coefficient (Wildman–Crippen LogP) is 3.94. The van der Waals surface area contributed by atoms with E-state index in [0.29, 0.717) is 6.54 Å². The Morgan fingerprint density at radius 3 is 2.64 bits per heavy atom. The molecule has 0 radical (unpaired) electrons. The molecule has 1 fully saturated rings. The normalized spacial score (nSPS) is 15.6. The molecule has 28 heavy (non-hydrogen) atoms. The van der Waals surface area contributed by atoms with Gasteiger partial charge in [-0.05, 0) is 30.5 Å². The van der Waals surface area contributed by atoms with Gasteiger partial charge in [0.2, 0.25) is 5.91 Å². The van der Waals surface area contributed by atoms with E-state index in [-0.39, 0.29) is 5.91 Å². The van der Waals surface area contributed by atoms with Crippen LogP contribution in [0.15, 0.2) is 47.2 Å². The summed E-state index contributed by atoms with van der Waals surface area (Å²) in [6.07, 6.45) is 0. The van der Waals surface area contributed by atoms with Crippen LogP contribution in [0.25, 0.3) is 11.3 Å². The van der Waals surface area contributed by atoms with E-state index in [0.717, 1.165) is 54.7 Å².